The largest absolute Gasteiger partial charge is 0.466 e. The van der Waals surface area contributed by atoms with Crippen LogP contribution in [0.25, 0.3) is 0 Å². The van der Waals surface area contributed by atoms with Gasteiger partial charge in [0.25, 0.3) is 0 Å². The van der Waals surface area contributed by atoms with Crippen LogP contribution in [0.3, 0.4) is 0 Å². The van der Waals surface area contributed by atoms with Crippen LogP contribution in [0.1, 0.15) is 412 Å². The summed E-state index contributed by atoms with van der Waals surface area (Å²) in [6.07, 6.45) is 88.3. The molecule has 2 atom stereocenters. The third-order valence-electron chi connectivity index (χ3n) is 17.2. The van der Waals surface area contributed by atoms with Crippen molar-refractivity contribution in [1.82, 2.24) is 5.32 Å². The number of amides is 1. The highest BCUT2D eigenvalue weighted by Gasteiger charge is 2.20. The van der Waals surface area contributed by atoms with Crippen molar-refractivity contribution in [3.8, 4) is 0 Å². The Bertz CT molecular complexity index is 1250. The number of rotatable bonds is 69. The second-order valence-electron chi connectivity index (χ2n) is 25.3. The summed E-state index contributed by atoms with van der Waals surface area (Å²) in [6.45, 7) is 4.97. The summed E-state index contributed by atoms with van der Waals surface area (Å²) in [5, 5.41) is 23.2. The summed E-state index contributed by atoms with van der Waals surface area (Å²) in [7, 11) is 0. The molecule has 0 spiro atoms. The fourth-order valence-electron chi connectivity index (χ4n) is 11.6. The van der Waals surface area contributed by atoms with Gasteiger partial charge in [-0.3, -0.25) is 9.59 Å². The van der Waals surface area contributed by atoms with Crippen LogP contribution in [0.15, 0.2) is 24.3 Å². The lowest BCUT2D eigenvalue weighted by molar-refractivity contribution is -0.143. The summed E-state index contributed by atoms with van der Waals surface area (Å²) in [5.41, 5.74) is 0. The first-order valence-corrected chi connectivity index (χ1v) is 36.6. The molecule has 1 amide bonds. The number of hydrogen-bond acceptors (Lipinski definition) is 5. The molecule has 0 aliphatic rings. The van der Waals surface area contributed by atoms with Crippen molar-refractivity contribution in [2.75, 3.05) is 13.2 Å². The Labute approximate surface area is 501 Å². The second kappa shape index (κ2) is 69.8. The molecule has 3 N–H and O–H groups in total. The van der Waals surface area contributed by atoms with Crippen LogP contribution < -0.4 is 5.32 Å². The molecule has 80 heavy (non-hydrogen) atoms. The Morgan fingerprint density at radius 1 is 0.338 bits per heavy atom. The van der Waals surface area contributed by atoms with E-state index in [1.165, 1.54) is 334 Å². The first-order valence-electron chi connectivity index (χ1n) is 36.6. The molecule has 2 unspecified atom stereocenters. The van der Waals surface area contributed by atoms with Crippen molar-refractivity contribution in [2.24, 2.45) is 0 Å². The lowest BCUT2D eigenvalue weighted by Gasteiger charge is -2.22. The zero-order chi connectivity index (χ0) is 57.8. The summed E-state index contributed by atoms with van der Waals surface area (Å²) in [5.74, 6) is -0.0128. The standard InChI is InChI=1S/C74H143NO5/c1-3-5-7-9-11-13-15-16-17-37-41-44-48-52-56-60-64-68-74(79)80-69-65-61-57-53-49-45-42-39-36-34-32-30-28-26-24-22-20-18-19-21-23-25-27-29-31-33-35-38-40-43-47-51-55-59-63-67-73(78)75-71(70-76)72(77)66-62-58-54-50-46-14-12-10-8-6-4-2/h16-17,20,22,71-72,76-77H,3-15,18-19,21,23-70H2,1-2H3,(H,75,78)/b17-16-,22-20-. The summed E-state index contributed by atoms with van der Waals surface area (Å²) in [6, 6.07) is -0.537. The normalized spacial score (nSPS) is 12.6. The van der Waals surface area contributed by atoms with E-state index in [2.05, 4.69) is 43.5 Å². The Morgan fingerprint density at radius 3 is 0.887 bits per heavy atom. The van der Waals surface area contributed by atoms with Gasteiger partial charge in [0.1, 0.15) is 0 Å². The first kappa shape index (κ1) is 78.3. The maximum absolute atomic E-state index is 12.5. The molecule has 0 aromatic rings. The number of aliphatic hydroxyl groups is 2. The van der Waals surface area contributed by atoms with Gasteiger partial charge < -0.3 is 20.3 Å². The average molecular weight is 1130 g/mol. The predicted octanol–water partition coefficient (Wildman–Crippen LogP) is 23.7. The maximum atomic E-state index is 12.5. The van der Waals surface area contributed by atoms with E-state index < -0.39 is 12.1 Å². The molecule has 0 fully saturated rings. The molecule has 0 radical (unpaired) electrons. The Balaban J connectivity index is 3.31. The van der Waals surface area contributed by atoms with E-state index >= 15 is 0 Å². The van der Waals surface area contributed by atoms with E-state index in [1.54, 1.807) is 0 Å². The third kappa shape index (κ3) is 65.5. The maximum Gasteiger partial charge on any atom is 0.305 e. The van der Waals surface area contributed by atoms with Gasteiger partial charge in [-0.1, -0.05) is 346 Å². The zero-order valence-electron chi connectivity index (χ0n) is 54.3. The molecule has 0 heterocycles. The predicted molar refractivity (Wildman–Crippen MR) is 352 cm³/mol. The highest BCUT2D eigenvalue weighted by Crippen LogP contribution is 2.19. The quantitative estimate of drug-likeness (QED) is 0.0320. The number of nitrogens with one attached hydrogen (secondary N) is 1. The molecule has 0 aromatic carbocycles. The number of aliphatic hydroxyl groups excluding tert-OH is 2. The monoisotopic (exact) mass is 1130 g/mol. The average Bonchev–Trinajstić information content (AvgIpc) is 3.46. The van der Waals surface area contributed by atoms with Crippen LogP contribution in [0, 0.1) is 0 Å². The van der Waals surface area contributed by atoms with Crippen molar-refractivity contribution < 1.29 is 24.5 Å². The van der Waals surface area contributed by atoms with Crippen LogP contribution >= 0.6 is 0 Å². The first-order chi connectivity index (χ1) is 39.5. The summed E-state index contributed by atoms with van der Waals surface area (Å²) in [4.78, 5) is 24.6. The van der Waals surface area contributed by atoms with Crippen LogP contribution in [0.4, 0.5) is 0 Å². The highest BCUT2D eigenvalue weighted by molar-refractivity contribution is 5.76. The molecule has 0 aromatic heterocycles. The van der Waals surface area contributed by atoms with Crippen molar-refractivity contribution >= 4 is 11.9 Å². The Hall–Kier alpha value is -1.66. The van der Waals surface area contributed by atoms with E-state index in [0.29, 0.717) is 25.9 Å². The molecule has 0 aliphatic heterocycles. The van der Waals surface area contributed by atoms with Gasteiger partial charge in [0.2, 0.25) is 5.91 Å². The molecular weight excluding hydrogens is 983 g/mol. The molecule has 6 heteroatoms. The molecule has 474 valence electrons. The molecule has 0 saturated carbocycles. The number of unbranched alkanes of at least 4 members (excludes halogenated alkanes) is 54. The van der Waals surface area contributed by atoms with Crippen molar-refractivity contribution in [3.63, 3.8) is 0 Å². The number of esters is 1. The molecule has 0 bridgehead atoms. The molecular formula is C74H143NO5. The summed E-state index contributed by atoms with van der Waals surface area (Å²) < 4.78 is 5.51. The van der Waals surface area contributed by atoms with Gasteiger partial charge in [0.15, 0.2) is 0 Å². The number of carbonyl (C=O) groups is 2. The van der Waals surface area contributed by atoms with Gasteiger partial charge in [-0.25, -0.2) is 0 Å². The SMILES string of the molecule is CCCCCCCC/C=C\CCCCCCCCCC(=O)OCCCCCCCCCCCCCCCC/C=C\CCCCCCCCCCCCCCCCCCCC(=O)NC(CO)C(O)CCCCCCCCCCCCC. The van der Waals surface area contributed by atoms with Gasteiger partial charge in [-0.05, 0) is 77.0 Å². The zero-order valence-corrected chi connectivity index (χ0v) is 54.3. The lowest BCUT2D eigenvalue weighted by atomic mass is 10.0. The Morgan fingerprint density at radius 2 is 0.588 bits per heavy atom. The number of allylic oxidation sites excluding steroid dienone is 4. The van der Waals surface area contributed by atoms with Crippen LogP contribution in [0.5, 0.6) is 0 Å². The minimum absolute atomic E-state index is 0.0175. The van der Waals surface area contributed by atoms with Crippen LogP contribution in [-0.2, 0) is 14.3 Å². The van der Waals surface area contributed by atoms with Gasteiger partial charge in [0, 0.05) is 12.8 Å². The van der Waals surface area contributed by atoms with Crippen molar-refractivity contribution in [1.29, 1.82) is 0 Å². The fourth-order valence-corrected chi connectivity index (χ4v) is 11.6. The Kier molecular flexibility index (Phi) is 68.4. The second-order valence-corrected chi connectivity index (χ2v) is 25.3. The lowest BCUT2D eigenvalue weighted by Crippen LogP contribution is -2.45. The summed E-state index contributed by atoms with van der Waals surface area (Å²) >= 11 is 0. The van der Waals surface area contributed by atoms with Crippen LogP contribution in [-0.4, -0.2) is 47.4 Å². The van der Waals surface area contributed by atoms with Gasteiger partial charge in [-0.15, -0.1) is 0 Å². The topological polar surface area (TPSA) is 95.9 Å². The van der Waals surface area contributed by atoms with E-state index in [-0.39, 0.29) is 18.5 Å². The van der Waals surface area contributed by atoms with E-state index in [1.807, 2.05) is 0 Å². The molecule has 0 aliphatic carbocycles. The smallest absolute Gasteiger partial charge is 0.305 e. The van der Waals surface area contributed by atoms with Crippen molar-refractivity contribution in [3.05, 3.63) is 24.3 Å². The minimum Gasteiger partial charge on any atom is -0.466 e. The number of ether oxygens (including phenoxy) is 1. The van der Waals surface area contributed by atoms with Gasteiger partial charge in [0.05, 0.1) is 25.4 Å². The van der Waals surface area contributed by atoms with E-state index in [4.69, 9.17) is 4.74 Å². The fraction of sp³-hybridized carbons (Fsp3) is 0.919. The van der Waals surface area contributed by atoms with Gasteiger partial charge >= 0.3 is 5.97 Å². The van der Waals surface area contributed by atoms with Crippen LogP contribution in [0.2, 0.25) is 0 Å². The number of carbonyl (C=O) groups excluding carboxylic acids is 2. The van der Waals surface area contributed by atoms with E-state index in [9.17, 15) is 19.8 Å². The van der Waals surface area contributed by atoms with E-state index in [0.717, 1.165) is 44.9 Å². The number of hydrogen-bond donors (Lipinski definition) is 3. The highest BCUT2D eigenvalue weighted by atomic mass is 16.5. The molecule has 0 rings (SSSR count). The van der Waals surface area contributed by atoms with Crippen molar-refractivity contribution in [2.45, 2.75) is 424 Å². The molecule has 0 saturated heterocycles. The van der Waals surface area contributed by atoms with Gasteiger partial charge in [-0.2, -0.15) is 0 Å². The minimum atomic E-state index is -0.660. The third-order valence-corrected chi connectivity index (χ3v) is 17.2. The molecule has 6 nitrogen and oxygen atoms in total.